The summed E-state index contributed by atoms with van der Waals surface area (Å²) >= 11 is 0. The van der Waals surface area contributed by atoms with Crippen molar-refractivity contribution < 1.29 is 5.11 Å². The number of nitrogens with zero attached hydrogens (tertiary/aromatic N) is 3. The first-order valence-corrected chi connectivity index (χ1v) is 4.44. The van der Waals surface area contributed by atoms with Crippen LogP contribution in [-0.4, -0.2) is 26.2 Å². The largest absolute Gasteiger partial charge is 0.393 e. The summed E-state index contributed by atoms with van der Waals surface area (Å²) in [5, 5.41) is 9.08. The smallest absolute Gasteiger partial charge is 0.132 e. The van der Waals surface area contributed by atoms with Gasteiger partial charge in [-0.3, -0.25) is 0 Å². The fraction of sp³-hybridized carbons (Fsp3) is 0.667. The molecule has 0 aliphatic carbocycles. The van der Waals surface area contributed by atoms with Crippen molar-refractivity contribution in [2.75, 3.05) is 0 Å². The van der Waals surface area contributed by atoms with Crippen molar-refractivity contribution in [2.24, 2.45) is 0 Å². The number of hydrogen-bond acceptors (Lipinski definition) is 4. The Morgan fingerprint density at radius 1 is 1.15 bits per heavy atom. The first-order chi connectivity index (χ1) is 6.08. The Morgan fingerprint density at radius 2 is 1.69 bits per heavy atom. The van der Waals surface area contributed by atoms with Gasteiger partial charge in [0.15, 0.2) is 0 Å². The maximum Gasteiger partial charge on any atom is 0.132 e. The van der Waals surface area contributed by atoms with E-state index < -0.39 is 0 Å². The van der Waals surface area contributed by atoms with E-state index in [-0.39, 0.29) is 6.10 Å². The molecule has 0 saturated carbocycles. The normalized spacial score (nSPS) is 12.9. The minimum atomic E-state index is -0.294. The molecule has 0 fully saturated rings. The molecule has 0 bridgehead atoms. The number of rotatable bonds is 3. The lowest BCUT2D eigenvalue weighted by Crippen LogP contribution is -2.07. The van der Waals surface area contributed by atoms with Gasteiger partial charge in [0.25, 0.3) is 0 Å². The SMILES string of the molecule is Cc1nc(C)nc(CCC(C)O)n1. The van der Waals surface area contributed by atoms with E-state index in [9.17, 15) is 0 Å². The highest BCUT2D eigenvalue weighted by atomic mass is 16.3. The molecule has 1 N–H and O–H groups in total. The lowest BCUT2D eigenvalue weighted by Gasteiger charge is -2.03. The standard InChI is InChI=1S/C9H15N3O/c1-6(13)4-5-9-11-7(2)10-8(3)12-9/h6,13H,4-5H2,1-3H3. The van der Waals surface area contributed by atoms with Crippen molar-refractivity contribution in [2.45, 2.75) is 39.7 Å². The maximum atomic E-state index is 9.08. The van der Waals surface area contributed by atoms with Gasteiger partial charge in [-0.2, -0.15) is 0 Å². The van der Waals surface area contributed by atoms with Crippen LogP contribution in [0.1, 0.15) is 30.8 Å². The molecule has 0 amide bonds. The van der Waals surface area contributed by atoms with Crippen LogP contribution in [-0.2, 0) is 6.42 Å². The highest BCUT2D eigenvalue weighted by Crippen LogP contribution is 2.00. The summed E-state index contributed by atoms with van der Waals surface area (Å²) in [6, 6.07) is 0. The Morgan fingerprint density at radius 3 is 2.15 bits per heavy atom. The second kappa shape index (κ2) is 4.28. The van der Waals surface area contributed by atoms with E-state index in [1.54, 1.807) is 6.92 Å². The summed E-state index contributed by atoms with van der Waals surface area (Å²) in [6.45, 7) is 5.46. The zero-order valence-electron chi connectivity index (χ0n) is 8.28. The number of aryl methyl sites for hydroxylation is 3. The first-order valence-electron chi connectivity index (χ1n) is 4.44. The van der Waals surface area contributed by atoms with Gasteiger partial charge in [-0.25, -0.2) is 15.0 Å². The summed E-state index contributed by atoms with van der Waals surface area (Å²) in [4.78, 5) is 12.4. The molecule has 0 aliphatic rings. The topological polar surface area (TPSA) is 58.9 Å². The fourth-order valence-corrected chi connectivity index (χ4v) is 1.13. The van der Waals surface area contributed by atoms with Crippen molar-refractivity contribution in [3.63, 3.8) is 0 Å². The fourth-order valence-electron chi connectivity index (χ4n) is 1.13. The number of hydrogen-bond donors (Lipinski definition) is 1. The van der Waals surface area contributed by atoms with Gasteiger partial charge in [0.2, 0.25) is 0 Å². The van der Waals surface area contributed by atoms with E-state index in [4.69, 9.17) is 5.11 Å². The van der Waals surface area contributed by atoms with Crippen LogP contribution >= 0.6 is 0 Å². The number of aliphatic hydroxyl groups is 1. The highest BCUT2D eigenvalue weighted by Gasteiger charge is 2.02. The third kappa shape index (κ3) is 3.46. The molecule has 0 spiro atoms. The Kier molecular flexibility index (Phi) is 3.31. The van der Waals surface area contributed by atoms with Gasteiger partial charge in [0.1, 0.15) is 17.5 Å². The van der Waals surface area contributed by atoms with Crippen molar-refractivity contribution in [1.29, 1.82) is 0 Å². The van der Waals surface area contributed by atoms with E-state index >= 15 is 0 Å². The third-order valence-electron chi connectivity index (χ3n) is 1.69. The van der Waals surface area contributed by atoms with Crippen LogP contribution in [0.25, 0.3) is 0 Å². The minimum absolute atomic E-state index is 0.294. The quantitative estimate of drug-likeness (QED) is 0.749. The van der Waals surface area contributed by atoms with Crippen LogP contribution in [0, 0.1) is 13.8 Å². The predicted octanol–water partition coefficient (Wildman–Crippen LogP) is 0.802. The lowest BCUT2D eigenvalue weighted by atomic mass is 10.2. The zero-order chi connectivity index (χ0) is 9.84. The molecule has 1 unspecified atom stereocenters. The second-order valence-corrected chi connectivity index (χ2v) is 3.23. The van der Waals surface area contributed by atoms with Gasteiger partial charge in [0, 0.05) is 6.42 Å². The van der Waals surface area contributed by atoms with Crippen molar-refractivity contribution in [3.05, 3.63) is 17.5 Å². The van der Waals surface area contributed by atoms with E-state index in [0.29, 0.717) is 12.8 Å². The molecule has 1 aromatic heterocycles. The summed E-state index contributed by atoms with van der Waals surface area (Å²) < 4.78 is 0. The van der Waals surface area contributed by atoms with Crippen LogP contribution in [0.3, 0.4) is 0 Å². The van der Waals surface area contributed by atoms with Gasteiger partial charge < -0.3 is 5.11 Å². The molecule has 13 heavy (non-hydrogen) atoms. The van der Waals surface area contributed by atoms with Crippen molar-refractivity contribution >= 4 is 0 Å². The molecule has 1 rings (SSSR count). The van der Waals surface area contributed by atoms with Gasteiger partial charge >= 0.3 is 0 Å². The Hall–Kier alpha value is -1.03. The van der Waals surface area contributed by atoms with Crippen molar-refractivity contribution in [1.82, 2.24) is 15.0 Å². The molecule has 1 heterocycles. The summed E-state index contributed by atoms with van der Waals surface area (Å²) in [5.74, 6) is 2.26. The van der Waals surface area contributed by atoms with E-state index in [1.165, 1.54) is 0 Å². The molecule has 72 valence electrons. The Balaban J connectivity index is 2.66. The summed E-state index contributed by atoms with van der Waals surface area (Å²) in [5.41, 5.74) is 0. The van der Waals surface area contributed by atoms with E-state index in [0.717, 1.165) is 17.5 Å². The Labute approximate surface area is 78.1 Å². The molecule has 1 aromatic rings. The van der Waals surface area contributed by atoms with Gasteiger partial charge in [-0.05, 0) is 27.2 Å². The molecule has 0 saturated heterocycles. The molecular formula is C9H15N3O. The summed E-state index contributed by atoms with van der Waals surface area (Å²) in [6.07, 6.45) is 1.11. The monoisotopic (exact) mass is 181 g/mol. The molecule has 4 nitrogen and oxygen atoms in total. The molecule has 1 atom stereocenters. The van der Waals surface area contributed by atoms with Crippen molar-refractivity contribution in [3.8, 4) is 0 Å². The average molecular weight is 181 g/mol. The first kappa shape index (κ1) is 10.1. The maximum absolute atomic E-state index is 9.08. The lowest BCUT2D eigenvalue weighted by molar-refractivity contribution is 0.184. The molecule has 0 radical (unpaired) electrons. The predicted molar refractivity (Wildman–Crippen MR) is 49.3 cm³/mol. The minimum Gasteiger partial charge on any atom is -0.393 e. The van der Waals surface area contributed by atoms with E-state index in [1.807, 2.05) is 13.8 Å². The highest BCUT2D eigenvalue weighted by molar-refractivity contribution is 4.94. The third-order valence-corrected chi connectivity index (χ3v) is 1.69. The van der Waals surface area contributed by atoms with Crippen LogP contribution in [0.2, 0.25) is 0 Å². The van der Waals surface area contributed by atoms with Gasteiger partial charge in [-0.15, -0.1) is 0 Å². The van der Waals surface area contributed by atoms with Gasteiger partial charge in [0.05, 0.1) is 6.10 Å². The average Bonchev–Trinajstić information content (AvgIpc) is 1.99. The van der Waals surface area contributed by atoms with E-state index in [2.05, 4.69) is 15.0 Å². The molecule has 0 aromatic carbocycles. The number of aromatic nitrogens is 3. The summed E-state index contributed by atoms with van der Waals surface area (Å²) in [7, 11) is 0. The van der Waals surface area contributed by atoms with Crippen LogP contribution < -0.4 is 0 Å². The van der Waals surface area contributed by atoms with Gasteiger partial charge in [-0.1, -0.05) is 0 Å². The van der Waals surface area contributed by atoms with Crippen LogP contribution in [0.5, 0.6) is 0 Å². The molecule has 4 heteroatoms. The number of aliphatic hydroxyl groups excluding tert-OH is 1. The molecular weight excluding hydrogens is 166 g/mol. The Bertz CT molecular complexity index is 266. The van der Waals surface area contributed by atoms with Crippen LogP contribution in [0.15, 0.2) is 0 Å². The molecule has 0 aliphatic heterocycles. The second-order valence-electron chi connectivity index (χ2n) is 3.23. The van der Waals surface area contributed by atoms with Crippen LogP contribution in [0.4, 0.5) is 0 Å². The zero-order valence-corrected chi connectivity index (χ0v) is 8.28.